The summed E-state index contributed by atoms with van der Waals surface area (Å²) in [4.78, 5) is 0. The van der Waals surface area contributed by atoms with E-state index in [1.807, 2.05) is 0 Å². The van der Waals surface area contributed by atoms with E-state index in [-0.39, 0.29) is 0 Å². The predicted molar refractivity (Wildman–Crippen MR) is 98.7 cm³/mol. The zero-order valence-electron chi connectivity index (χ0n) is 15.3. The van der Waals surface area contributed by atoms with Gasteiger partial charge in [0, 0.05) is 0 Å². The summed E-state index contributed by atoms with van der Waals surface area (Å²) >= 11 is 0. The molecule has 0 spiro atoms. The van der Waals surface area contributed by atoms with Crippen LogP contribution < -0.4 is 0 Å². The maximum absolute atomic E-state index is 3.90. The molecule has 0 saturated carbocycles. The summed E-state index contributed by atoms with van der Waals surface area (Å²) in [6.45, 7) is 8.66. The summed E-state index contributed by atoms with van der Waals surface area (Å²) in [5, 5.41) is 0. The quantitative estimate of drug-likeness (QED) is 0.238. The van der Waals surface area contributed by atoms with E-state index >= 15 is 0 Å². The van der Waals surface area contributed by atoms with Crippen molar-refractivity contribution in [2.24, 2.45) is 5.92 Å². The highest BCUT2D eigenvalue weighted by Crippen LogP contribution is 2.18. The van der Waals surface area contributed by atoms with Gasteiger partial charge < -0.3 is 0 Å². The van der Waals surface area contributed by atoms with E-state index < -0.39 is 0 Å². The van der Waals surface area contributed by atoms with Crippen molar-refractivity contribution in [1.82, 2.24) is 0 Å². The fraction of sp³-hybridized carbons (Fsp3) is 0.952. The van der Waals surface area contributed by atoms with Crippen molar-refractivity contribution in [3.05, 3.63) is 6.92 Å². The summed E-state index contributed by atoms with van der Waals surface area (Å²) in [5.41, 5.74) is 0. The van der Waals surface area contributed by atoms with Crippen molar-refractivity contribution in [1.29, 1.82) is 0 Å². The van der Waals surface area contributed by atoms with Crippen LogP contribution in [0, 0.1) is 12.8 Å². The van der Waals surface area contributed by atoms with Gasteiger partial charge in [-0.3, -0.25) is 0 Å². The van der Waals surface area contributed by atoms with Gasteiger partial charge in [-0.15, -0.1) is 0 Å². The third-order valence-electron chi connectivity index (χ3n) is 4.75. The fourth-order valence-electron chi connectivity index (χ4n) is 3.15. The van der Waals surface area contributed by atoms with E-state index in [0.717, 1.165) is 12.3 Å². The van der Waals surface area contributed by atoms with Gasteiger partial charge in [-0.2, -0.15) is 0 Å². The van der Waals surface area contributed by atoms with Gasteiger partial charge in [0.1, 0.15) is 0 Å². The van der Waals surface area contributed by atoms with Crippen LogP contribution in [0.15, 0.2) is 0 Å². The molecule has 0 rings (SSSR count). The molecule has 1 atom stereocenters. The minimum Gasteiger partial charge on any atom is -0.0654 e. The highest BCUT2D eigenvalue weighted by Gasteiger charge is 2.02. The second kappa shape index (κ2) is 18.1. The molecule has 0 aliphatic rings. The third-order valence-corrected chi connectivity index (χ3v) is 4.75. The van der Waals surface area contributed by atoms with Crippen molar-refractivity contribution < 1.29 is 0 Å². The fourth-order valence-corrected chi connectivity index (χ4v) is 3.15. The van der Waals surface area contributed by atoms with E-state index in [4.69, 9.17) is 0 Å². The van der Waals surface area contributed by atoms with E-state index in [9.17, 15) is 0 Å². The minimum absolute atomic E-state index is 0.965. The maximum Gasteiger partial charge on any atom is -0.0443 e. The summed E-state index contributed by atoms with van der Waals surface area (Å²) < 4.78 is 0. The minimum atomic E-state index is 0.965. The largest absolute Gasteiger partial charge is 0.0654 e. The molecule has 127 valence electrons. The molecule has 0 heterocycles. The van der Waals surface area contributed by atoms with Crippen molar-refractivity contribution in [2.45, 2.75) is 123 Å². The highest BCUT2D eigenvalue weighted by molar-refractivity contribution is 4.56. The molecule has 0 aromatic heterocycles. The summed E-state index contributed by atoms with van der Waals surface area (Å²) in [7, 11) is 0. The Hall–Kier alpha value is 0. The lowest BCUT2D eigenvalue weighted by Crippen LogP contribution is -1.95. The van der Waals surface area contributed by atoms with E-state index in [0.29, 0.717) is 0 Å². The molecule has 0 aliphatic carbocycles. The van der Waals surface area contributed by atoms with Crippen LogP contribution in [-0.2, 0) is 0 Å². The normalized spacial score (nSPS) is 12.7. The Balaban J connectivity index is 3.11. The van der Waals surface area contributed by atoms with Crippen LogP contribution in [0.25, 0.3) is 0 Å². The molecule has 0 aromatic carbocycles. The van der Waals surface area contributed by atoms with Crippen LogP contribution in [-0.4, -0.2) is 0 Å². The molecule has 0 aliphatic heterocycles. The highest BCUT2D eigenvalue weighted by atomic mass is 14.1. The lowest BCUT2D eigenvalue weighted by atomic mass is 9.96. The maximum atomic E-state index is 3.90. The molecule has 0 nitrogen and oxygen atoms in total. The van der Waals surface area contributed by atoms with Gasteiger partial charge in [-0.05, 0) is 5.92 Å². The van der Waals surface area contributed by atoms with Gasteiger partial charge in [-0.1, -0.05) is 130 Å². The van der Waals surface area contributed by atoms with Crippen LogP contribution in [0.1, 0.15) is 123 Å². The second-order valence-corrected chi connectivity index (χ2v) is 7.13. The predicted octanol–water partition coefficient (Wildman–Crippen LogP) is 8.11. The van der Waals surface area contributed by atoms with Crippen LogP contribution in [0.3, 0.4) is 0 Å². The molecule has 1 unspecified atom stereocenters. The Morgan fingerprint density at radius 2 is 0.952 bits per heavy atom. The summed E-state index contributed by atoms with van der Waals surface area (Å²) in [6.07, 6.45) is 24.2. The molecule has 0 aromatic rings. The zero-order chi connectivity index (χ0) is 15.6. The van der Waals surface area contributed by atoms with E-state index in [2.05, 4.69) is 20.8 Å². The lowest BCUT2D eigenvalue weighted by molar-refractivity contribution is 0.430. The summed E-state index contributed by atoms with van der Waals surface area (Å²) in [5.74, 6) is 0.965. The van der Waals surface area contributed by atoms with Crippen LogP contribution >= 0.6 is 0 Å². The molecule has 0 N–H and O–H groups in total. The molecule has 1 radical (unpaired) electrons. The molecule has 0 amide bonds. The molecule has 21 heavy (non-hydrogen) atoms. The van der Waals surface area contributed by atoms with Crippen LogP contribution in [0.5, 0.6) is 0 Å². The standard InChI is InChI=1S/C21H43/c1-4-6-8-10-12-14-16-18-20-21(3)19-17-15-13-11-9-7-5-2/h21H,1,4-20H2,2-3H3. The first-order valence-corrected chi connectivity index (χ1v) is 10.1. The third kappa shape index (κ3) is 18.0. The number of rotatable bonds is 17. The first kappa shape index (κ1) is 21.0. The van der Waals surface area contributed by atoms with Crippen molar-refractivity contribution in [3.63, 3.8) is 0 Å². The van der Waals surface area contributed by atoms with Crippen LogP contribution in [0.2, 0.25) is 0 Å². The van der Waals surface area contributed by atoms with E-state index in [1.165, 1.54) is 103 Å². The van der Waals surface area contributed by atoms with E-state index in [1.54, 1.807) is 0 Å². The Morgan fingerprint density at radius 1 is 0.571 bits per heavy atom. The first-order valence-electron chi connectivity index (χ1n) is 10.1. The Bertz CT molecular complexity index is 173. The lowest BCUT2D eigenvalue weighted by Gasteiger charge is -2.11. The van der Waals surface area contributed by atoms with Gasteiger partial charge in [-0.25, -0.2) is 0 Å². The van der Waals surface area contributed by atoms with Crippen LogP contribution in [0.4, 0.5) is 0 Å². The molecule has 0 saturated heterocycles. The number of hydrogen-bond donors (Lipinski definition) is 0. The smallest absolute Gasteiger partial charge is 0.0443 e. The average molecular weight is 296 g/mol. The van der Waals surface area contributed by atoms with Gasteiger partial charge >= 0.3 is 0 Å². The second-order valence-electron chi connectivity index (χ2n) is 7.13. The Morgan fingerprint density at radius 3 is 1.38 bits per heavy atom. The topological polar surface area (TPSA) is 0 Å². The van der Waals surface area contributed by atoms with Crippen molar-refractivity contribution in [3.8, 4) is 0 Å². The number of hydrogen-bond acceptors (Lipinski definition) is 0. The average Bonchev–Trinajstić information content (AvgIpc) is 2.49. The molecule has 0 fully saturated rings. The number of unbranched alkanes of at least 4 members (excludes halogenated alkanes) is 13. The first-order chi connectivity index (χ1) is 10.3. The van der Waals surface area contributed by atoms with Gasteiger partial charge in [0.25, 0.3) is 0 Å². The molecule has 0 bridgehead atoms. The molecule has 0 heteroatoms. The molecular formula is C21H43. The SMILES string of the molecule is [CH2]CCCCCCCCCC(C)CCCCCCCCC. The Kier molecular flexibility index (Phi) is 18.1. The van der Waals surface area contributed by atoms with Crippen molar-refractivity contribution in [2.75, 3.05) is 0 Å². The summed E-state index contributed by atoms with van der Waals surface area (Å²) in [6, 6.07) is 0. The zero-order valence-corrected chi connectivity index (χ0v) is 15.3. The Labute approximate surface area is 136 Å². The van der Waals surface area contributed by atoms with Gasteiger partial charge in [0.2, 0.25) is 0 Å². The monoisotopic (exact) mass is 295 g/mol. The van der Waals surface area contributed by atoms with Gasteiger partial charge in [0.05, 0.1) is 0 Å². The van der Waals surface area contributed by atoms with Gasteiger partial charge in [0.15, 0.2) is 0 Å². The molecular weight excluding hydrogens is 252 g/mol. The van der Waals surface area contributed by atoms with Crippen molar-refractivity contribution >= 4 is 0 Å².